The van der Waals surface area contributed by atoms with Crippen LogP contribution in [0, 0.1) is 11.6 Å². The number of esters is 1. The molecule has 0 aliphatic heterocycles. The number of fused-ring (bicyclic) bond motifs is 1. The molecule has 3 aromatic carbocycles. The van der Waals surface area contributed by atoms with Gasteiger partial charge in [-0.25, -0.2) is 33.1 Å². The van der Waals surface area contributed by atoms with Crippen LogP contribution >= 0.6 is 0 Å². The van der Waals surface area contributed by atoms with E-state index in [0.29, 0.717) is 41.6 Å². The molecule has 55 heavy (non-hydrogen) atoms. The predicted molar refractivity (Wildman–Crippen MR) is 181 cm³/mol. The van der Waals surface area contributed by atoms with Gasteiger partial charge in [-0.3, -0.25) is 0 Å². The number of alkyl halides is 6. The zero-order chi connectivity index (χ0) is 41.2. The number of aryl methyl sites for hydroxylation is 1. The number of rotatable bonds is 9. The first-order chi connectivity index (χ1) is 25.7. The second-order valence-corrected chi connectivity index (χ2v) is 10.9. The lowest BCUT2D eigenvalue weighted by Gasteiger charge is -2.22. The quantitative estimate of drug-likeness (QED) is 0.0727. The Balaban J connectivity index is 0.000000494. The van der Waals surface area contributed by atoms with E-state index in [1.54, 1.807) is 31.3 Å². The number of anilines is 2. The lowest BCUT2D eigenvalue weighted by atomic mass is 9.99. The van der Waals surface area contributed by atoms with Gasteiger partial charge < -0.3 is 35.7 Å². The van der Waals surface area contributed by atoms with Crippen molar-refractivity contribution in [3.8, 4) is 17.0 Å². The molecule has 0 bridgehead atoms. The van der Waals surface area contributed by atoms with Gasteiger partial charge in [-0.1, -0.05) is 25.1 Å². The van der Waals surface area contributed by atoms with Crippen molar-refractivity contribution >= 4 is 40.2 Å². The molecule has 0 amide bonds. The largest absolute Gasteiger partial charge is 0.491 e. The minimum absolute atomic E-state index is 0.135. The summed E-state index contributed by atoms with van der Waals surface area (Å²) >= 11 is 0. The Hall–Kier alpha value is -6.47. The number of hydrogen-bond donors (Lipinski definition) is 5. The van der Waals surface area contributed by atoms with Gasteiger partial charge in [-0.05, 0) is 60.7 Å². The number of imidazole rings is 1. The van der Waals surface area contributed by atoms with E-state index in [9.17, 15) is 35.5 Å². The summed E-state index contributed by atoms with van der Waals surface area (Å²) in [6.07, 6.45) is -6.42. The summed E-state index contributed by atoms with van der Waals surface area (Å²) in [5.74, 6) is -6.72. The number of pyridine rings is 1. The van der Waals surface area contributed by atoms with E-state index in [0.717, 1.165) is 16.3 Å². The summed E-state index contributed by atoms with van der Waals surface area (Å²) in [7, 11) is 1.18. The molecule has 6 N–H and O–H groups in total. The monoisotopic (exact) mass is 785 g/mol. The van der Waals surface area contributed by atoms with E-state index in [2.05, 4.69) is 20.3 Å². The van der Waals surface area contributed by atoms with Crippen molar-refractivity contribution in [2.45, 2.75) is 38.7 Å². The van der Waals surface area contributed by atoms with Crippen molar-refractivity contribution in [3.05, 3.63) is 101 Å². The third-order valence-corrected chi connectivity index (χ3v) is 7.30. The van der Waals surface area contributed by atoms with Crippen LogP contribution in [0.15, 0.2) is 67.0 Å². The summed E-state index contributed by atoms with van der Waals surface area (Å²) in [6.45, 7) is 4.06. The lowest BCUT2D eigenvalue weighted by molar-refractivity contribution is -0.193. The third kappa shape index (κ3) is 11.0. The highest BCUT2D eigenvalue weighted by molar-refractivity contribution is 5.97. The fraction of sp³-hybridized carbons (Fsp3) is 0.229. The van der Waals surface area contributed by atoms with Crippen molar-refractivity contribution in [3.63, 3.8) is 0 Å². The van der Waals surface area contributed by atoms with Crippen LogP contribution in [0.3, 0.4) is 0 Å². The molecule has 0 aliphatic carbocycles. The molecule has 0 fully saturated rings. The van der Waals surface area contributed by atoms with Crippen molar-refractivity contribution in [1.82, 2.24) is 15.0 Å². The highest BCUT2D eigenvalue weighted by atomic mass is 19.4. The highest BCUT2D eigenvalue weighted by Crippen LogP contribution is 2.35. The van der Waals surface area contributed by atoms with Crippen molar-refractivity contribution in [2.24, 2.45) is 0 Å². The number of aliphatic carboxylic acids is 2. The number of nitrogens with one attached hydrogen (secondary N) is 2. The molecule has 2 heterocycles. The molecule has 0 radical (unpaired) electrons. The summed E-state index contributed by atoms with van der Waals surface area (Å²) in [6, 6.07) is 14.3. The Morgan fingerprint density at radius 2 is 1.56 bits per heavy atom. The number of benzene rings is 3. The van der Waals surface area contributed by atoms with E-state index >= 15 is 4.39 Å². The van der Waals surface area contributed by atoms with Crippen LogP contribution < -0.4 is 15.8 Å². The van der Waals surface area contributed by atoms with Gasteiger partial charge in [0.25, 0.3) is 0 Å². The number of halogens is 8. The average molecular weight is 786 g/mol. The van der Waals surface area contributed by atoms with Gasteiger partial charge in [0.05, 0.1) is 25.6 Å². The van der Waals surface area contributed by atoms with E-state index in [1.807, 2.05) is 31.2 Å². The molecular formula is C35H31F8N5O7. The molecule has 5 rings (SSSR count). The summed E-state index contributed by atoms with van der Waals surface area (Å²) in [5.41, 5.74) is 8.28. The maximum atomic E-state index is 16.0. The number of aromatic nitrogens is 3. The summed E-state index contributed by atoms with van der Waals surface area (Å²) in [5, 5.41) is 19.3. The number of aromatic amines is 1. The third-order valence-electron chi connectivity index (χ3n) is 7.30. The zero-order valence-corrected chi connectivity index (χ0v) is 28.8. The Morgan fingerprint density at radius 3 is 2.13 bits per heavy atom. The zero-order valence-electron chi connectivity index (χ0n) is 28.8. The first-order valence-corrected chi connectivity index (χ1v) is 15.6. The maximum absolute atomic E-state index is 16.0. The van der Waals surface area contributed by atoms with Crippen LogP contribution in [0.2, 0.25) is 0 Å². The lowest BCUT2D eigenvalue weighted by Crippen LogP contribution is -2.21. The van der Waals surface area contributed by atoms with Gasteiger partial charge in [0.2, 0.25) is 0 Å². The number of nitrogens with zero attached hydrogens (tertiary/aromatic N) is 2. The molecule has 0 spiro atoms. The molecule has 12 nitrogen and oxygen atoms in total. The number of carboxylic acids is 2. The number of nitrogens with two attached hydrogens (primary N) is 1. The van der Waals surface area contributed by atoms with Gasteiger partial charge in [-0.2, -0.15) is 26.3 Å². The van der Waals surface area contributed by atoms with Crippen LogP contribution in [0.1, 0.15) is 47.2 Å². The van der Waals surface area contributed by atoms with Crippen molar-refractivity contribution < 1.29 is 69.2 Å². The standard InChI is InChI=1S/C31H29F2N5O3.2C2HF3O2/c1-4-17-13-22(27(33)25(14-17)41-5-2)28(37-19-9-10-20-18(15-19)11-12-35-29(20)34)30-36-16-24(38-30)21-7-6-8-23(32)26(21)31(39)40-3;2*3-2(4,5)1(6)7/h6-16,28,37H,4-5H2,1-3H3,(H2,34,35)(H,36,38);2*(H,6,7). The molecule has 20 heteroatoms. The number of ether oxygens (including phenoxy) is 2. The number of carbonyl (C=O) groups excluding carboxylic acids is 1. The Kier molecular flexibility index (Phi) is 14.1. The smallest absolute Gasteiger partial charge is 0.490 e. The van der Waals surface area contributed by atoms with E-state index in [-0.39, 0.29) is 16.9 Å². The predicted octanol–water partition coefficient (Wildman–Crippen LogP) is 7.70. The fourth-order valence-electron chi connectivity index (χ4n) is 4.78. The van der Waals surface area contributed by atoms with E-state index < -0.39 is 47.9 Å². The summed E-state index contributed by atoms with van der Waals surface area (Å²) < 4.78 is 105. The van der Waals surface area contributed by atoms with Crippen LogP contribution in [-0.4, -0.2) is 69.1 Å². The van der Waals surface area contributed by atoms with E-state index in [1.165, 1.54) is 25.4 Å². The Bertz CT molecular complexity index is 2130. The molecule has 0 saturated carbocycles. The number of nitrogen functional groups attached to an aromatic ring is 1. The molecule has 0 aliphatic rings. The number of carboxylic acid groups (broad SMARTS) is 2. The van der Waals surface area contributed by atoms with Gasteiger partial charge in [0.15, 0.2) is 11.6 Å². The summed E-state index contributed by atoms with van der Waals surface area (Å²) in [4.78, 5) is 42.0. The minimum Gasteiger partial charge on any atom is -0.491 e. The second kappa shape index (κ2) is 18.0. The highest BCUT2D eigenvalue weighted by Gasteiger charge is 2.39. The van der Waals surface area contributed by atoms with Gasteiger partial charge >= 0.3 is 30.3 Å². The average Bonchev–Trinajstić information content (AvgIpc) is 3.61. The maximum Gasteiger partial charge on any atom is 0.490 e. The Labute approximate surface area is 305 Å². The molecule has 0 saturated heterocycles. The number of hydrogen-bond acceptors (Lipinski definition) is 9. The molecule has 5 aromatic rings. The molecule has 2 aromatic heterocycles. The van der Waals surface area contributed by atoms with E-state index in [4.69, 9.17) is 35.0 Å². The van der Waals surface area contributed by atoms with Gasteiger partial charge in [-0.15, -0.1) is 0 Å². The van der Waals surface area contributed by atoms with Crippen LogP contribution in [-0.2, 0) is 20.7 Å². The van der Waals surface area contributed by atoms with Gasteiger partial charge in [0, 0.05) is 28.4 Å². The van der Waals surface area contributed by atoms with Crippen LogP contribution in [0.4, 0.5) is 46.6 Å². The van der Waals surface area contributed by atoms with Gasteiger partial charge in [0.1, 0.15) is 29.1 Å². The first-order valence-electron chi connectivity index (χ1n) is 15.6. The molecular weight excluding hydrogens is 754 g/mol. The first kappa shape index (κ1) is 42.9. The Morgan fingerprint density at radius 1 is 0.927 bits per heavy atom. The minimum atomic E-state index is -5.08. The molecule has 1 unspecified atom stereocenters. The van der Waals surface area contributed by atoms with Crippen molar-refractivity contribution in [2.75, 3.05) is 24.8 Å². The topological polar surface area (TPSA) is 190 Å². The SMILES string of the molecule is CCOc1cc(CC)cc(C(Nc2ccc3c(N)nccc3c2)c2ncc(-c3cccc(F)c3C(=O)OC)[nH]2)c1F.O=C(O)C(F)(F)F.O=C(O)C(F)(F)F. The number of H-pyrrole nitrogens is 1. The van der Waals surface area contributed by atoms with Crippen molar-refractivity contribution in [1.29, 1.82) is 0 Å². The normalized spacial score (nSPS) is 11.7. The van der Waals surface area contributed by atoms with Crippen LogP contribution in [0.5, 0.6) is 5.75 Å². The second-order valence-electron chi connectivity index (χ2n) is 10.9. The number of methoxy groups -OCH3 is 1. The fourth-order valence-corrected chi connectivity index (χ4v) is 4.78. The molecule has 294 valence electrons. The number of carbonyl (C=O) groups is 3. The van der Waals surface area contributed by atoms with Crippen LogP contribution in [0.25, 0.3) is 22.0 Å². The molecule has 1 atom stereocenters.